The van der Waals surface area contributed by atoms with Crippen LogP contribution in [0.25, 0.3) is 0 Å². The van der Waals surface area contributed by atoms with Crippen molar-refractivity contribution in [2.75, 3.05) is 19.6 Å². The number of aryl methyl sites for hydroxylation is 1. The van der Waals surface area contributed by atoms with Crippen molar-refractivity contribution in [1.29, 1.82) is 0 Å². The molecule has 3 atom stereocenters. The summed E-state index contributed by atoms with van der Waals surface area (Å²) in [5, 5.41) is 14.7. The minimum absolute atomic E-state index is 0.243. The van der Waals surface area contributed by atoms with Crippen molar-refractivity contribution in [1.82, 2.24) is 30.5 Å². The molecule has 1 aromatic carbocycles. The Morgan fingerprint density at radius 3 is 2.89 bits per heavy atom. The van der Waals surface area contributed by atoms with Crippen molar-refractivity contribution in [2.45, 2.75) is 70.4 Å². The summed E-state index contributed by atoms with van der Waals surface area (Å²) in [6.07, 6.45) is 4.66. The lowest BCUT2D eigenvalue weighted by molar-refractivity contribution is 0.137. The van der Waals surface area contributed by atoms with E-state index >= 15 is 8.78 Å². The normalized spacial score (nSPS) is 24.7. The molecule has 6 rings (SSSR count). The quantitative estimate of drug-likeness (QED) is 0.482. The molecule has 0 unspecified atom stereocenters. The zero-order chi connectivity index (χ0) is 24.8. The summed E-state index contributed by atoms with van der Waals surface area (Å²) in [6.45, 7) is 6.61. The highest BCUT2D eigenvalue weighted by molar-refractivity contribution is 5.31. The van der Waals surface area contributed by atoms with Crippen LogP contribution in [0.2, 0.25) is 0 Å². The molecule has 0 radical (unpaired) electrons. The van der Waals surface area contributed by atoms with Crippen LogP contribution in [0.3, 0.4) is 0 Å². The van der Waals surface area contributed by atoms with E-state index in [2.05, 4.69) is 37.4 Å². The second-order valence-corrected chi connectivity index (χ2v) is 10.3. The van der Waals surface area contributed by atoms with Crippen molar-refractivity contribution in [2.24, 2.45) is 5.73 Å². The number of benzene rings is 1. The molecule has 0 saturated carbocycles. The molecule has 3 aliphatic heterocycles. The first-order valence-electron chi connectivity index (χ1n) is 12.9. The van der Waals surface area contributed by atoms with Gasteiger partial charge in [0.05, 0.1) is 23.6 Å². The van der Waals surface area contributed by atoms with E-state index < -0.39 is 11.9 Å². The lowest BCUT2D eigenvalue weighted by atomic mass is 9.89. The van der Waals surface area contributed by atoms with Gasteiger partial charge in [0.1, 0.15) is 17.4 Å². The van der Waals surface area contributed by atoms with Crippen LogP contribution in [-0.2, 0) is 38.9 Å². The van der Waals surface area contributed by atoms with Gasteiger partial charge in [-0.3, -0.25) is 14.9 Å². The van der Waals surface area contributed by atoms with Gasteiger partial charge in [0.15, 0.2) is 0 Å². The van der Waals surface area contributed by atoms with Gasteiger partial charge in [-0.1, -0.05) is 12.1 Å². The summed E-state index contributed by atoms with van der Waals surface area (Å²) in [4.78, 5) is 4.62. The van der Waals surface area contributed by atoms with Crippen molar-refractivity contribution >= 4 is 0 Å². The number of nitrogens with zero attached hydrogens (tertiary/aromatic N) is 4. The average molecular weight is 498 g/mol. The van der Waals surface area contributed by atoms with Crippen LogP contribution >= 0.6 is 0 Å². The van der Waals surface area contributed by atoms with Crippen LogP contribution < -0.4 is 11.1 Å². The number of halogens is 2. The SMILES string of the molecule is CCc1onc2c1CN(CCc1cc(F)c([C@H]3NC[C@H](N4Cc5cn[nH]c5C4)C[C@@H]3N)cc1F)CC2. The highest BCUT2D eigenvalue weighted by atomic mass is 19.1. The fraction of sp³-hybridized carbons (Fsp3) is 0.538. The first kappa shape index (κ1) is 23.7. The molecule has 36 heavy (non-hydrogen) atoms. The van der Waals surface area contributed by atoms with E-state index in [-0.39, 0.29) is 17.9 Å². The van der Waals surface area contributed by atoms with E-state index in [9.17, 15) is 0 Å². The third-order valence-corrected chi connectivity index (χ3v) is 8.12. The number of piperidine rings is 1. The zero-order valence-electron chi connectivity index (χ0n) is 20.6. The minimum Gasteiger partial charge on any atom is -0.361 e. The second-order valence-electron chi connectivity index (χ2n) is 10.3. The van der Waals surface area contributed by atoms with Crippen molar-refractivity contribution in [3.05, 3.63) is 69.4 Å². The van der Waals surface area contributed by atoms with Gasteiger partial charge in [-0.05, 0) is 30.5 Å². The second kappa shape index (κ2) is 9.66. The standard InChI is InChI=1S/C26H33F2N7O/c1-2-25-19-13-34(6-4-23(19)33-36-25)5-3-15-7-21(28)18(9-20(15)27)26-22(29)8-17(11-30-26)35-12-16-10-31-32-24(16)14-35/h7,9-10,17,22,26,30H,2-6,8,11-14,29H2,1H3,(H,31,32)/t17-,22+,26-/m1/s1. The molecule has 0 amide bonds. The number of fused-ring (bicyclic) bond motifs is 2. The molecule has 0 spiro atoms. The monoisotopic (exact) mass is 497 g/mol. The molecular formula is C26H33F2N7O. The van der Waals surface area contributed by atoms with Gasteiger partial charge in [-0.2, -0.15) is 5.10 Å². The Morgan fingerprint density at radius 1 is 1.19 bits per heavy atom. The van der Waals surface area contributed by atoms with Crippen LogP contribution in [-0.4, -0.2) is 56.9 Å². The number of nitrogens with two attached hydrogens (primary N) is 1. The highest BCUT2D eigenvalue weighted by Crippen LogP contribution is 2.31. The Kier molecular flexibility index (Phi) is 6.37. The lowest BCUT2D eigenvalue weighted by Gasteiger charge is -2.39. The molecule has 3 aromatic rings. The molecule has 3 aliphatic rings. The maximum Gasteiger partial charge on any atom is 0.141 e. The Hall–Kier alpha value is -2.66. The topological polar surface area (TPSA) is 99.2 Å². The maximum absolute atomic E-state index is 15.2. The largest absolute Gasteiger partial charge is 0.361 e. The molecule has 8 nitrogen and oxygen atoms in total. The van der Waals surface area contributed by atoms with E-state index in [0.717, 1.165) is 68.2 Å². The highest BCUT2D eigenvalue weighted by Gasteiger charge is 2.36. The van der Waals surface area contributed by atoms with Gasteiger partial charge in [0, 0.05) is 80.9 Å². The number of hydrogen-bond acceptors (Lipinski definition) is 7. The lowest BCUT2D eigenvalue weighted by Crippen LogP contribution is -2.54. The summed E-state index contributed by atoms with van der Waals surface area (Å²) in [7, 11) is 0. The molecule has 10 heteroatoms. The van der Waals surface area contributed by atoms with Crippen molar-refractivity contribution < 1.29 is 13.3 Å². The summed E-state index contributed by atoms with van der Waals surface area (Å²) in [6, 6.07) is 2.23. The zero-order valence-corrected chi connectivity index (χ0v) is 20.6. The number of rotatable bonds is 6. The fourth-order valence-corrected chi connectivity index (χ4v) is 6.02. The molecule has 1 saturated heterocycles. The summed E-state index contributed by atoms with van der Waals surface area (Å²) < 4.78 is 35.8. The van der Waals surface area contributed by atoms with Gasteiger partial charge < -0.3 is 15.6 Å². The van der Waals surface area contributed by atoms with Crippen molar-refractivity contribution in [3.8, 4) is 0 Å². The number of hydrogen-bond donors (Lipinski definition) is 3. The van der Waals surface area contributed by atoms with Gasteiger partial charge in [0.2, 0.25) is 0 Å². The van der Waals surface area contributed by atoms with E-state index in [1.807, 2.05) is 6.20 Å². The van der Waals surface area contributed by atoms with Crippen molar-refractivity contribution in [3.63, 3.8) is 0 Å². The van der Waals surface area contributed by atoms with Crippen LogP contribution in [0, 0.1) is 11.6 Å². The summed E-state index contributed by atoms with van der Waals surface area (Å²) >= 11 is 0. The van der Waals surface area contributed by atoms with E-state index in [0.29, 0.717) is 30.6 Å². The predicted octanol–water partition coefficient (Wildman–Crippen LogP) is 2.59. The number of aromatic nitrogens is 3. The van der Waals surface area contributed by atoms with Crippen LogP contribution in [0.5, 0.6) is 0 Å². The Balaban J connectivity index is 1.08. The molecule has 0 aliphatic carbocycles. The minimum atomic E-state index is -0.409. The molecule has 2 aromatic heterocycles. The maximum atomic E-state index is 15.2. The van der Waals surface area contributed by atoms with Gasteiger partial charge in [-0.15, -0.1) is 0 Å². The Morgan fingerprint density at radius 2 is 2.08 bits per heavy atom. The van der Waals surface area contributed by atoms with Gasteiger partial charge in [-0.25, -0.2) is 8.78 Å². The third kappa shape index (κ3) is 4.36. The summed E-state index contributed by atoms with van der Waals surface area (Å²) in [5.41, 5.74) is 11.8. The molecule has 1 fully saturated rings. The van der Waals surface area contributed by atoms with Crippen LogP contribution in [0.15, 0.2) is 22.9 Å². The van der Waals surface area contributed by atoms with Gasteiger partial charge in [0.25, 0.3) is 0 Å². The Labute approximate surface area is 209 Å². The predicted molar refractivity (Wildman–Crippen MR) is 130 cm³/mol. The number of H-pyrrole nitrogens is 1. The average Bonchev–Trinajstić information content (AvgIpc) is 3.59. The van der Waals surface area contributed by atoms with Crippen LogP contribution in [0.1, 0.15) is 58.8 Å². The third-order valence-electron chi connectivity index (χ3n) is 8.12. The van der Waals surface area contributed by atoms with E-state index in [1.54, 1.807) is 0 Å². The molecular weight excluding hydrogens is 464 g/mol. The molecule has 4 N–H and O–H groups in total. The first-order valence-corrected chi connectivity index (χ1v) is 12.9. The van der Waals surface area contributed by atoms with E-state index in [4.69, 9.17) is 10.3 Å². The van der Waals surface area contributed by atoms with E-state index in [1.165, 1.54) is 17.7 Å². The smallest absolute Gasteiger partial charge is 0.141 e. The molecule has 5 heterocycles. The Bertz CT molecular complexity index is 1210. The molecule has 0 bridgehead atoms. The number of aromatic amines is 1. The van der Waals surface area contributed by atoms with Crippen LogP contribution in [0.4, 0.5) is 8.78 Å². The van der Waals surface area contributed by atoms with Gasteiger partial charge >= 0.3 is 0 Å². The fourth-order valence-electron chi connectivity index (χ4n) is 6.02. The first-order chi connectivity index (χ1) is 17.5. The summed E-state index contributed by atoms with van der Waals surface area (Å²) in [5.74, 6) is 0.156. The number of nitrogens with one attached hydrogen (secondary N) is 2. The molecule has 192 valence electrons.